The van der Waals surface area contributed by atoms with E-state index in [4.69, 9.17) is 47.0 Å². The highest BCUT2D eigenvalue weighted by atomic mass is 16.7. The lowest BCUT2D eigenvalue weighted by Crippen LogP contribution is -2.70. The maximum absolute atomic E-state index is 12.5. The Morgan fingerprint density at radius 3 is 2.09 bits per heavy atom. The van der Waals surface area contributed by atoms with Gasteiger partial charge >= 0.3 is 0 Å². The molecule has 0 aromatic heterocycles. The third-order valence-electron chi connectivity index (χ3n) is 8.08. The van der Waals surface area contributed by atoms with Crippen LogP contribution in [-0.2, 0) is 23.7 Å². The van der Waals surface area contributed by atoms with Crippen molar-refractivity contribution in [3.63, 3.8) is 0 Å². The Balaban J connectivity index is 1.81. The van der Waals surface area contributed by atoms with Crippen LogP contribution in [0.2, 0.25) is 0 Å². The van der Waals surface area contributed by atoms with Crippen molar-refractivity contribution in [2.45, 2.75) is 110 Å². The second-order valence-electron chi connectivity index (χ2n) is 11.3. The Morgan fingerprint density at radius 1 is 0.841 bits per heavy atom. The summed E-state index contributed by atoms with van der Waals surface area (Å²) in [7, 11) is 0. The molecule has 1 amide bonds. The molecule has 2 aliphatic heterocycles. The number of rotatable bonds is 13. The van der Waals surface area contributed by atoms with Crippen LogP contribution in [0.25, 0.3) is 0 Å². The molecule has 3 rings (SSSR count). The van der Waals surface area contributed by atoms with Crippen molar-refractivity contribution < 1.29 is 69.7 Å². The molecule has 1 aliphatic carbocycles. The molecule has 3 aliphatic rings. The van der Waals surface area contributed by atoms with E-state index < -0.39 is 130 Å². The maximum Gasteiger partial charge on any atom is 0.250 e. The SMILES string of the molecule is NC[C@H](O)C(=O)N[C@@H]1C[C@H](N)C(O[C@H]2O[C@H](CNCC(O)CO)[C@@H](O)[C@H](O)[C@H]2N)[C@H](O)[C@H]1O[C@H]1O[C@H](CO)[C@@H](O)[C@H](N)[C@H]1O. The number of carbonyl (C=O) groups is 1. The van der Waals surface area contributed by atoms with E-state index in [2.05, 4.69) is 10.6 Å². The van der Waals surface area contributed by atoms with Crippen LogP contribution in [0.4, 0.5) is 0 Å². The van der Waals surface area contributed by atoms with E-state index in [-0.39, 0.29) is 19.5 Å². The Labute approximate surface area is 252 Å². The first-order chi connectivity index (χ1) is 20.7. The van der Waals surface area contributed by atoms with Gasteiger partial charge in [-0.2, -0.15) is 0 Å². The van der Waals surface area contributed by atoms with Gasteiger partial charge in [0.2, 0.25) is 5.91 Å². The van der Waals surface area contributed by atoms with Gasteiger partial charge in [-0.25, -0.2) is 0 Å². The quantitative estimate of drug-likeness (QED) is 0.0884. The summed E-state index contributed by atoms with van der Waals surface area (Å²) in [6.45, 7) is -1.77. The highest BCUT2D eigenvalue weighted by molar-refractivity contribution is 5.81. The lowest BCUT2D eigenvalue weighted by molar-refractivity contribution is -0.320. The average molecular weight is 645 g/mol. The second-order valence-corrected chi connectivity index (χ2v) is 11.3. The van der Waals surface area contributed by atoms with E-state index >= 15 is 0 Å². The molecule has 0 spiro atoms. The van der Waals surface area contributed by atoms with E-state index in [0.717, 1.165) is 0 Å². The highest BCUT2D eigenvalue weighted by Gasteiger charge is 2.52. The van der Waals surface area contributed by atoms with Crippen molar-refractivity contribution in [2.75, 3.05) is 32.8 Å². The number of aliphatic hydroxyl groups is 9. The van der Waals surface area contributed by atoms with E-state index in [9.17, 15) is 45.6 Å². The molecule has 0 radical (unpaired) electrons. The van der Waals surface area contributed by atoms with Gasteiger partial charge in [0.25, 0.3) is 0 Å². The summed E-state index contributed by atoms with van der Waals surface area (Å²) >= 11 is 0. The van der Waals surface area contributed by atoms with Crippen LogP contribution in [0.3, 0.4) is 0 Å². The molecule has 3 fully saturated rings. The van der Waals surface area contributed by atoms with E-state index in [0.29, 0.717) is 0 Å². The fourth-order valence-corrected chi connectivity index (χ4v) is 5.36. The minimum Gasteiger partial charge on any atom is -0.394 e. The number of aliphatic hydroxyl groups excluding tert-OH is 9. The maximum atomic E-state index is 12.5. The molecule has 2 saturated heterocycles. The largest absolute Gasteiger partial charge is 0.394 e. The lowest BCUT2D eigenvalue weighted by atomic mass is 9.83. The predicted molar refractivity (Wildman–Crippen MR) is 146 cm³/mol. The fraction of sp³-hybridized carbons (Fsp3) is 0.958. The van der Waals surface area contributed by atoms with Gasteiger partial charge in [0, 0.05) is 25.7 Å². The van der Waals surface area contributed by atoms with Crippen molar-refractivity contribution in [1.82, 2.24) is 10.6 Å². The van der Waals surface area contributed by atoms with Gasteiger partial charge in [0.05, 0.1) is 37.4 Å². The number of hydrogen-bond acceptors (Lipinski definition) is 19. The molecule has 258 valence electrons. The molecule has 0 bridgehead atoms. The molecular formula is C24H48N6O14. The van der Waals surface area contributed by atoms with Crippen LogP contribution in [0.5, 0.6) is 0 Å². The summed E-state index contributed by atoms with van der Waals surface area (Å²) in [5, 5.41) is 96.6. The zero-order chi connectivity index (χ0) is 32.9. The molecule has 2 unspecified atom stereocenters. The summed E-state index contributed by atoms with van der Waals surface area (Å²) in [4.78, 5) is 12.5. The van der Waals surface area contributed by atoms with Crippen LogP contribution in [0, 0.1) is 0 Å². The lowest BCUT2D eigenvalue weighted by Gasteiger charge is -2.49. The van der Waals surface area contributed by atoms with Crippen LogP contribution >= 0.6 is 0 Å². The number of carbonyl (C=O) groups excluding carboxylic acids is 1. The van der Waals surface area contributed by atoms with Gasteiger partial charge < -0.3 is 98.5 Å². The predicted octanol–water partition coefficient (Wildman–Crippen LogP) is -9.86. The summed E-state index contributed by atoms with van der Waals surface area (Å²) in [6, 6.07) is -4.82. The molecule has 17 atom stereocenters. The van der Waals surface area contributed by atoms with Gasteiger partial charge in [-0.05, 0) is 6.42 Å². The van der Waals surface area contributed by atoms with E-state index in [1.165, 1.54) is 0 Å². The van der Waals surface area contributed by atoms with Crippen molar-refractivity contribution in [3.05, 3.63) is 0 Å². The molecule has 0 aromatic carbocycles. The Morgan fingerprint density at radius 2 is 1.48 bits per heavy atom. The van der Waals surface area contributed by atoms with Crippen molar-refractivity contribution in [2.24, 2.45) is 22.9 Å². The van der Waals surface area contributed by atoms with Gasteiger partial charge in [-0.3, -0.25) is 4.79 Å². The van der Waals surface area contributed by atoms with Crippen molar-refractivity contribution in [1.29, 1.82) is 0 Å². The molecular weight excluding hydrogens is 596 g/mol. The second kappa shape index (κ2) is 16.5. The first kappa shape index (κ1) is 37.2. The standard InChI is InChI=1S/C24H48N6O14/c25-2-10(34)22(40)30-9-1-8(26)20(19(39)21(9)44-24-18(38)13(27)15(35)12(6-32)42-24)43-23-14(28)17(37)16(36)11(41-23)4-29-3-7(33)5-31/h7-21,23-24,29,31-39H,1-6,25-28H2,(H,30,40)/t7?,8-,9+,10-,11+,12+,13-,14+,15+,16+,17+,18+,19-,20?,21-,23+,24+/m0/s1. The third-order valence-corrected chi connectivity index (χ3v) is 8.08. The highest BCUT2D eigenvalue weighted by Crippen LogP contribution is 2.31. The number of nitrogens with one attached hydrogen (secondary N) is 2. The smallest absolute Gasteiger partial charge is 0.250 e. The van der Waals surface area contributed by atoms with Crippen molar-refractivity contribution >= 4 is 5.91 Å². The van der Waals surface area contributed by atoms with Crippen LogP contribution in [-0.4, -0.2) is 189 Å². The van der Waals surface area contributed by atoms with Gasteiger partial charge in [0.1, 0.15) is 61.0 Å². The third kappa shape index (κ3) is 8.56. The number of ether oxygens (including phenoxy) is 4. The number of amides is 1. The molecule has 20 heteroatoms. The normalized spacial score (nSPS) is 44.6. The monoisotopic (exact) mass is 644 g/mol. The Hall–Kier alpha value is -1.25. The molecule has 20 nitrogen and oxygen atoms in total. The van der Waals surface area contributed by atoms with Crippen LogP contribution in [0.15, 0.2) is 0 Å². The Kier molecular flexibility index (Phi) is 14.0. The summed E-state index contributed by atoms with van der Waals surface area (Å²) in [6.07, 6.45) is -18.9. The molecule has 0 aromatic rings. The first-order valence-electron chi connectivity index (χ1n) is 14.3. The minimum atomic E-state index is -1.72. The molecule has 44 heavy (non-hydrogen) atoms. The van der Waals surface area contributed by atoms with Crippen LogP contribution < -0.4 is 33.6 Å². The van der Waals surface area contributed by atoms with E-state index in [1.54, 1.807) is 0 Å². The summed E-state index contributed by atoms with van der Waals surface area (Å²) in [5.41, 5.74) is 23.6. The molecule has 1 saturated carbocycles. The zero-order valence-electron chi connectivity index (χ0n) is 23.9. The van der Waals surface area contributed by atoms with Gasteiger partial charge in [-0.1, -0.05) is 0 Å². The summed E-state index contributed by atoms with van der Waals surface area (Å²) in [5.74, 6) is -0.910. The Bertz CT molecular complexity index is 898. The van der Waals surface area contributed by atoms with Crippen molar-refractivity contribution in [3.8, 4) is 0 Å². The minimum absolute atomic E-state index is 0.0547. The van der Waals surface area contributed by atoms with Crippen LogP contribution in [0.1, 0.15) is 6.42 Å². The molecule has 19 N–H and O–H groups in total. The fourth-order valence-electron chi connectivity index (χ4n) is 5.36. The number of nitrogens with two attached hydrogens (primary N) is 4. The van der Waals surface area contributed by atoms with E-state index in [1.807, 2.05) is 0 Å². The summed E-state index contributed by atoms with van der Waals surface area (Å²) < 4.78 is 23.0. The zero-order valence-corrected chi connectivity index (χ0v) is 23.9. The number of hydrogen-bond donors (Lipinski definition) is 15. The van der Waals surface area contributed by atoms with Gasteiger partial charge in [0.15, 0.2) is 12.6 Å². The average Bonchev–Trinajstić information content (AvgIpc) is 3.00. The first-order valence-corrected chi connectivity index (χ1v) is 14.3. The molecule has 2 heterocycles. The van der Waals surface area contributed by atoms with Gasteiger partial charge in [-0.15, -0.1) is 0 Å². The topological polar surface area (TPSA) is 364 Å².